The number of carbonyl (C=O) groups is 1. The highest BCUT2D eigenvalue weighted by atomic mass is 19.1. The first-order valence-electron chi connectivity index (χ1n) is 16.2. The zero-order valence-electron chi connectivity index (χ0n) is 26.9. The number of carbonyl (C=O) groups excluding carboxylic acids is 1. The SMILES string of the molecule is CN(c1nc(OCC23CCCN2CCC3)nc2c(F)c(-c3cccc4cccc(F)c34)ncc12)[C@@H]1CCN(C(=O)OC(C)(C)C)C1. The molecule has 0 spiro atoms. The van der Waals surface area contributed by atoms with Gasteiger partial charge in [0.05, 0.1) is 10.9 Å². The van der Waals surface area contributed by atoms with Crippen molar-refractivity contribution in [2.24, 2.45) is 0 Å². The van der Waals surface area contributed by atoms with E-state index in [1.54, 1.807) is 41.4 Å². The maximum absolute atomic E-state index is 16.7. The summed E-state index contributed by atoms with van der Waals surface area (Å²) >= 11 is 0. The molecule has 7 rings (SSSR count). The number of aromatic nitrogens is 3. The zero-order valence-corrected chi connectivity index (χ0v) is 26.9. The number of pyridine rings is 1. The van der Waals surface area contributed by atoms with Crippen LogP contribution in [0, 0.1) is 11.6 Å². The van der Waals surface area contributed by atoms with Gasteiger partial charge in [-0.1, -0.05) is 30.3 Å². The number of hydrogen-bond donors (Lipinski definition) is 0. The number of halogens is 2. The van der Waals surface area contributed by atoms with Crippen LogP contribution in [0.15, 0.2) is 42.6 Å². The largest absolute Gasteiger partial charge is 0.461 e. The summed E-state index contributed by atoms with van der Waals surface area (Å²) in [6.07, 6.45) is 6.21. The Morgan fingerprint density at radius 1 is 1.07 bits per heavy atom. The van der Waals surface area contributed by atoms with Crippen molar-refractivity contribution in [3.05, 3.63) is 54.2 Å². The van der Waals surface area contributed by atoms with Crippen LogP contribution in [-0.4, -0.2) is 87.9 Å². The first-order valence-corrected chi connectivity index (χ1v) is 16.2. The van der Waals surface area contributed by atoms with Crippen LogP contribution in [0.5, 0.6) is 6.01 Å². The van der Waals surface area contributed by atoms with Crippen molar-refractivity contribution >= 4 is 33.6 Å². The van der Waals surface area contributed by atoms with Crippen LogP contribution in [0.25, 0.3) is 32.9 Å². The number of hydrogen-bond acceptors (Lipinski definition) is 8. The van der Waals surface area contributed by atoms with Crippen LogP contribution in [-0.2, 0) is 4.74 Å². The number of likely N-dealkylation sites (tertiary alicyclic amines) is 1. The summed E-state index contributed by atoms with van der Waals surface area (Å²) in [6, 6.07) is 10.00. The topological polar surface area (TPSA) is 83.9 Å². The van der Waals surface area contributed by atoms with E-state index in [2.05, 4.69) is 14.9 Å². The van der Waals surface area contributed by atoms with Gasteiger partial charge in [0.2, 0.25) is 0 Å². The van der Waals surface area contributed by atoms with E-state index < -0.39 is 17.2 Å². The number of rotatable bonds is 6. The fourth-order valence-corrected chi connectivity index (χ4v) is 7.42. The summed E-state index contributed by atoms with van der Waals surface area (Å²) in [5, 5.41) is 1.36. The van der Waals surface area contributed by atoms with E-state index in [0.29, 0.717) is 53.7 Å². The summed E-state index contributed by atoms with van der Waals surface area (Å²) in [5.41, 5.74) is -0.236. The van der Waals surface area contributed by atoms with Crippen LogP contribution in [0.2, 0.25) is 0 Å². The van der Waals surface area contributed by atoms with E-state index in [9.17, 15) is 4.79 Å². The minimum atomic E-state index is -0.668. The van der Waals surface area contributed by atoms with E-state index in [0.717, 1.165) is 38.8 Å². The highest BCUT2D eigenvalue weighted by Gasteiger charge is 2.45. The van der Waals surface area contributed by atoms with E-state index in [1.165, 1.54) is 6.07 Å². The quantitative estimate of drug-likeness (QED) is 0.237. The van der Waals surface area contributed by atoms with Crippen LogP contribution in [0.4, 0.5) is 19.4 Å². The molecule has 2 aromatic heterocycles. The van der Waals surface area contributed by atoms with Crippen LogP contribution in [0.3, 0.4) is 0 Å². The monoisotopic (exact) mass is 630 g/mol. The standard InChI is InChI=1S/C35H40F2N6O3/c1-34(2,3)46-33(44)42-18-13-23(20-42)41(4)31-25-19-38-29(24-11-5-9-22-10-6-12-26(36)27(22)24)28(37)30(25)39-32(40-31)45-21-35-14-7-16-43(35)17-8-15-35/h5-6,9-12,19,23H,7-8,13-18,20-21H2,1-4H3/t23-/m1/s1. The second-order valence-corrected chi connectivity index (χ2v) is 13.8. The summed E-state index contributed by atoms with van der Waals surface area (Å²) in [7, 11) is 1.88. The highest BCUT2D eigenvalue weighted by molar-refractivity contribution is 5.99. The Morgan fingerprint density at radius 3 is 2.54 bits per heavy atom. The van der Waals surface area contributed by atoms with Crippen molar-refractivity contribution < 1.29 is 23.0 Å². The molecule has 3 saturated heterocycles. The Bertz CT molecular complexity index is 1800. The van der Waals surface area contributed by atoms with Gasteiger partial charge in [-0.25, -0.2) is 13.6 Å². The molecule has 46 heavy (non-hydrogen) atoms. The van der Waals surface area contributed by atoms with Crippen molar-refractivity contribution in [3.63, 3.8) is 0 Å². The first kappa shape index (κ1) is 30.5. The Kier molecular flexibility index (Phi) is 7.70. The fourth-order valence-electron chi connectivity index (χ4n) is 7.42. The van der Waals surface area contributed by atoms with Gasteiger partial charge in [-0.2, -0.15) is 9.97 Å². The fraction of sp³-hybridized carbons (Fsp3) is 0.486. The van der Waals surface area contributed by atoms with Crippen molar-refractivity contribution in [3.8, 4) is 17.3 Å². The third kappa shape index (κ3) is 5.48. The molecule has 242 valence electrons. The molecule has 0 aliphatic carbocycles. The first-order chi connectivity index (χ1) is 22.0. The maximum atomic E-state index is 16.7. The predicted octanol–water partition coefficient (Wildman–Crippen LogP) is 6.58. The van der Waals surface area contributed by atoms with E-state index in [4.69, 9.17) is 14.5 Å². The van der Waals surface area contributed by atoms with Crippen LogP contribution >= 0.6 is 0 Å². The Morgan fingerprint density at radius 2 is 1.80 bits per heavy atom. The van der Waals surface area contributed by atoms with Crippen LogP contribution < -0.4 is 9.64 Å². The van der Waals surface area contributed by atoms with E-state index in [-0.39, 0.29) is 34.9 Å². The third-order valence-electron chi connectivity index (χ3n) is 9.73. The summed E-state index contributed by atoms with van der Waals surface area (Å²) in [5.74, 6) is -0.655. The molecule has 2 aromatic carbocycles. The number of nitrogens with zero attached hydrogens (tertiary/aromatic N) is 6. The lowest BCUT2D eigenvalue weighted by molar-refractivity contribution is 0.0292. The van der Waals surface area contributed by atoms with Gasteiger partial charge < -0.3 is 19.3 Å². The number of likely N-dealkylation sites (N-methyl/N-ethyl adjacent to an activating group) is 1. The zero-order chi connectivity index (χ0) is 32.2. The molecule has 0 saturated carbocycles. The third-order valence-corrected chi connectivity index (χ3v) is 9.73. The van der Waals surface area contributed by atoms with Crippen LogP contribution in [0.1, 0.15) is 52.9 Å². The average Bonchev–Trinajstić information content (AvgIpc) is 3.76. The molecule has 3 fully saturated rings. The molecule has 0 unspecified atom stereocenters. The van der Waals surface area contributed by atoms with E-state index in [1.807, 2.05) is 32.7 Å². The van der Waals surface area contributed by atoms with E-state index >= 15 is 8.78 Å². The number of ether oxygens (including phenoxy) is 2. The summed E-state index contributed by atoms with van der Waals surface area (Å²) < 4.78 is 43.7. The second kappa shape index (κ2) is 11.6. The number of fused-ring (bicyclic) bond motifs is 3. The predicted molar refractivity (Wildman–Crippen MR) is 173 cm³/mol. The molecule has 0 radical (unpaired) electrons. The van der Waals surface area contributed by atoms with Gasteiger partial charge in [0, 0.05) is 43.3 Å². The van der Waals surface area contributed by atoms with Gasteiger partial charge in [-0.05, 0) is 77.4 Å². The minimum Gasteiger partial charge on any atom is -0.461 e. The molecule has 1 amide bonds. The van der Waals surface area contributed by atoms with Gasteiger partial charge in [0.15, 0.2) is 5.82 Å². The molecule has 1 atom stereocenters. The molecule has 9 nitrogen and oxygen atoms in total. The number of benzene rings is 2. The van der Waals surface area contributed by atoms with Gasteiger partial charge in [-0.15, -0.1) is 0 Å². The molecule has 5 heterocycles. The summed E-state index contributed by atoms with van der Waals surface area (Å²) in [4.78, 5) is 32.9. The lowest BCUT2D eigenvalue weighted by Gasteiger charge is -2.31. The minimum absolute atomic E-state index is 0.00905. The molecular formula is C35H40F2N6O3. The lowest BCUT2D eigenvalue weighted by atomic mass is 9.95. The van der Waals surface area contributed by atoms with Crippen molar-refractivity contribution in [1.82, 2.24) is 24.8 Å². The second-order valence-electron chi connectivity index (χ2n) is 13.8. The molecule has 3 aliphatic rings. The maximum Gasteiger partial charge on any atom is 0.410 e. The molecular weight excluding hydrogens is 590 g/mol. The molecule has 11 heteroatoms. The summed E-state index contributed by atoms with van der Waals surface area (Å²) in [6.45, 7) is 9.01. The number of anilines is 1. The lowest BCUT2D eigenvalue weighted by Crippen LogP contribution is -2.43. The Hall–Kier alpha value is -4.12. The molecule has 0 N–H and O–H groups in total. The van der Waals surface area contributed by atoms with Gasteiger partial charge in [0.25, 0.3) is 0 Å². The molecule has 0 bridgehead atoms. The van der Waals surface area contributed by atoms with Gasteiger partial charge in [-0.3, -0.25) is 9.88 Å². The van der Waals surface area contributed by atoms with Gasteiger partial charge >= 0.3 is 12.1 Å². The molecule has 3 aliphatic heterocycles. The van der Waals surface area contributed by atoms with Crippen molar-refractivity contribution in [2.45, 2.75) is 70.1 Å². The normalized spacial score (nSPS) is 19.6. The average molecular weight is 631 g/mol. The highest BCUT2D eigenvalue weighted by Crippen LogP contribution is 2.40. The van der Waals surface area contributed by atoms with Gasteiger partial charge in [0.1, 0.15) is 35.1 Å². The Labute approximate surface area is 267 Å². The smallest absolute Gasteiger partial charge is 0.410 e. The number of amides is 1. The Balaban J connectivity index is 1.28. The molecule has 4 aromatic rings. The van der Waals surface area contributed by atoms with Crippen molar-refractivity contribution in [2.75, 3.05) is 44.7 Å². The van der Waals surface area contributed by atoms with Crippen molar-refractivity contribution in [1.29, 1.82) is 0 Å².